The van der Waals surface area contributed by atoms with E-state index in [1.165, 1.54) is 24.3 Å². The number of nitrogens with zero attached hydrogens (tertiary/aromatic N) is 3. The molecule has 0 aliphatic carbocycles. The quantitative estimate of drug-likeness (QED) is 0.801. The molecule has 1 aromatic heterocycles. The van der Waals surface area contributed by atoms with Crippen molar-refractivity contribution in [3.05, 3.63) is 29.5 Å². The van der Waals surface area contributed by atoms with E-state index in [4.69, 9.17) is 28.9 Å². The summed E-state index contributed by atoms with van der Waals surface area (Å²) in [4.78, 5) is 11.0. The summed E-state index contributed by atoms with van der Waals surface area (Å²) in [6.07, 6.45) is -4.21. The van der Waals surface area contributed by atoms with Crippen LogP contribution in [-0.2, 0) is 0 Å². The van der Waals surface area contributed by atoms with Crippen LogP contribution in [0.2, 0.25) is 5.28 Å². The van der Waals surface area contributed by atoms with E-state index in [1.807, 2.05) is 0 Å². The molecule has 1 heterocycles. The second-order valence-electron chi connectivity index (χ2n) is 3.87. The van der Waals surface area contributed by atoms with Crippen molar-refractivity contribution in [1.29, 1.82) is 0 Å². The summed E-state index contributed by atoms with van der Waals surface area (Å²) >= 11 is 10.3. The molecular weight excluding hydrogens is 346 g/mol. The highest BCUT2D eigenvalue weighted by atomic mass is 35.5. The first-order valence-corrected chi connectivity index (χ1v) is 6.47. The Morgan fingerprint density at radius 2 is 1.91 bits per heavy atom. The van der Waals surface area contributed by atoms with E-state index >= 15 is 0 Å². The Morgan fingerprint density at radius 3 is 2.55 bits per heavy atom. The molecule has 0 saturated heterocycles. The molecule has 0 amide bonds. The van der Waals surface area contributed by atoms with Crippen molar-refractivity contribution >= 4 is 40.8 Å². The second kappa shape index (κ2) is 6.41. The van der Waals surface area contributed by atoms with Gasteiger partial charge in [-0.1, -0.05) is 23.7 Å². The van der Waals surface area contributed by atoms with Crippen LogP contribution in [0.1, 0.15) is 0 Å². The van der Waals surface area contributed by atoms with Gasteiger partial charge in [0.2, 0.25) is 17.2 Å². The first-order valence-electron chi connectivity index (χ1n) is 5.66. The first kappa shape index (κ1) is 16.4. The maximum Gasteiger partial charge on any atom is 0.444 e. The predicted molar refractivity (Wildman–Crippen MR) is 75.3 cm³/mol. The summed E-state index contributed by atoms with van der Waals surface area (Å²) in [5, 5.41) is 2.37. The third kappa shape index (κ3) is 4.01. The lowest BCUT2D eigenvalue weighted by Gasteiger charge is -2.19. The van der Waals surface area contributed by atoms with E-state index in [0.717, 1.165) is 0 Å². The molecule has 0 aliphatic heterocycles. The third-order valence-electron chi connectivity index (χ3n) is 2.26. The Balaban J connectivity index is 2.28. The zero-order valence-corrected chi connectivity index (χ0v) is 12.1. The normalized spacial score (nSPS) is 12.8. The van der Waals surface area contributed by atoms with E-state index in [2.05, 4.69) is 25.0 Å². The van der Waals surface area contributed by atoms with Gasteiger partial charge in [0, 0.05) is 0 Å². The monoisotopic (exact) mass is 353 g/mol. The number of hydrogen-bond donors (Lipinski definition) is 2. The minimum absolute atomic E-state index is 0.0289. The summed E-state index contributed by atoms with van der Waals surface area (Å²) in [7, 11) is 0. The number of nitrogen functional groups attached to an aromatic ring is 1. The molecule has 0 fully saturated rings. The summed E-state index contributed by atoms with van der Waals surface area (Å²) < 4.78 is 43.4. The van der Waals surface area contributed by atoms with Crippen LogP contribution < -0.4 is 15.8 Å². The molecule has 2 aromatic rings. The summed E-state index contributed by atoms with van der Waals surface area (Å²) in [6, 6.07) is 5.49. The largest absolute Gasteiger partial charge is 0.444 e. The van der Waals surface area contributed by atoms with Gasteiger partial charge in [0.1, 0.15) is 5.75 Å². The molecule has 0 saturated carbocycles. The van der Waals surface area contributed by atoms with E-state index in [-0.39, 0.29) is 28.6 Å². The number of anilines is 3. The van der Waals surface area contributed by atoms with Gasteiger partial charge < -0.3 is 15.8 Å². The highest BCUT2D eigenvalue weighted by molar-refractivity contribution is 6.28. The first-order chi connectivity index (χ1) is 10.3. The van der Waals surface area contributed by atoms with Crippen LogP contribution in [0.4, 0.5) is 30.8 Å². The van der Waals surface area contributed by atoms with E-state index in [9.17, 15) is 13.2 Å². The van der Waals surface area contributed by atoms with Gasteiger partial charge in [-0.25, -0.2) is 4.39 Å². The molecule has 3 N–H and O–H groups in total. The van der Waals surface area contributed by atoms with Gasteiger partial charge >= 0.3 is 6.11 Å². The Hall–Kier alpha value is -2.00. The van der Waals surface area contributed by atoms with Crippen LogP contribution in [0.3, 0.4) is 0 Å². The van der Waals surface area contributed by atoms with Crippen molar-refractivity contribution in [1.82, 2.24) is 15.0 Å². The maximum atomic E-state index is 13.2. The van der Waals surface area contributed by atoms with Gasteiger partial charge in [-0.05, 0) is 23.7 Å². The van der Waals surface area contributed by atoms with Crippen LogP contribution in [-0.4, -0.2) is 26.7 Å². The number of benzene rings is 1. The molecule has 0 aliphatic rings. The van der Waals surface area contributed by atoms with Crippen molar-refractivity contribution in [2.75, 3.05) is 11.1 Å². The fraction of sp³-hybridized carbons (Fsp3) is 0.182. The lowest BCUT2D eigenvalue weighted by atomic mass is 10.3. The minimum Gasteiger partial charge on any atom is -0.427 e. The molecule has 1 atom stereocenters. The van der Waals surface area contributed by atoms with Crippen LogP contribution in [0.5, 0.6) is 5.75 Å². The van der Waals surface area contributed by atoms with Gasteiger partial charge in [0.15, 0.2) is 0 Å². The van der Waals surface area contributed by atoms with Gasteiger partial charge in [-0.3, -0.25) is 0 Å². The van der Waals surface area contributed by atoms with Gasteiger partial charge in [-0.15, -0.1) is 0 Å². The molecule has 6 nitrogen and oxygen atoms in total. The predicted octanol–water partition coefficient (Wildman–Crippen LogP) is 3.36. The Labute approximate surface area is 132 Å². The number of rotatable bonds is 5. The molecule has 0 radical (unpaired) electrons. The van der Waals surface area contributed by atoms with Gasteiger partial charge in [0.25, 0.3) is 5.63 Å². The molecule has 0 spiro atoms. The zero-order valence-electron chi connectivity index (χ0n) is 10.6. The summed E-state index contributed by atoms with van der Waals surface area (Å²) in [6.45, 7) is 0. The number of nitrogens with two attached hydrogens (primary N) is 1. The van der Waals surface area contributed by atoms with Crippen molar-refractivity contribution in [2.24, 2.45) is 0 Å². The van der Waals surface area contributed by atoms with Crippen LogP contribution in [0.15, 0.2) is 24.3 Å². The lowest BCUT2D eigenvalue weighted by molar-refractivity contribution is -0.198. The second-order valence-corrected chi connectivity index (χ2v) is 4.59. The molecular formula is C11H8Cl2F3N5O. The van der Waals surface area contributed by atoms with Gasteiger partial charge in [-0.2, -0.15) is 23.7 Å². The third-order valence-corrected chi connectivity index (χ3v) is 2.68. The number of halogens is 5. The van der Waals surface area contributed by atoms with Crippen molar-refractivity contribution in [3.8, 4) is 5.75 Å². The van der Waals surface area contributed by atoms with Crippen LogP contribution in [0, 0.1) is 0 Å². The number of para-hydroxylation sites is 2. The zero-order chi connectivity index (χ0) is 16.3. The fourth-order valence-corrected chi connectivity index (χ4v) is 1.60. The molecule has 1 aromatic carbocycles. The number of hydrogen-bond acceptors (Lipinski definition) is 6. The van der Waals surface area contributed by atoms with Crippen LogP contribution >= 0.6 is 23.2 Å². The lowest BCUT2D eigenvalue weighted by Crippen LogP contribution is -2.33. The summed E-state index contributed by atoms with van der Waals surface area (Å²) in [5.74, 6) is -0.638. The number of aromatic nitrogens is 3. The molecule has 22 heavy (non-hydrogen) atoms. The van der Waals surface area contributed by atoms with Gasteiger partial charge in [0.05, 0.1) is 5.69 Å². The average Bonchev–Trinajstić information content (AvgIpc) is 2.39. The Morgan fingerprint density at radius 1 is 1.23 bits per heavy atom. The smallest absolute Gasteiger partial charge is 0.427 e. The molecule has 11 heteroatoms. The fourth-order valence-electron chi connectivity index (χ4n) is 1.39. The summed E-state index contributed by atoms with van der Waals surface area (Å²) in [5.41, 5.74) is 2.41. The maximum absolute atomic E-state index is 13.2. The minimum atomic E-state index is -4.21. The van der Waals surface area contributed by atoms with E-state index in [0.29, 0.717) is 0 Å². The number of ether oxygens (including phenoxy) is 1. The van der Waals surface area contributed by atoms with Crippen molar-refractivity contribution < 1.29 is 17.9 Å². The van der Waals surface area contributed by atoms with Crippen molar-refractivity contribution in [3.63, 3.8) is 0 Å². The number of nitrogens with one attached hydrogen (secondary N) is 1. The SMILES string of the molecule is Nc1nc(Cl)nc(Nc2ccccc2OC(F)(F)[C@H](F)Cl)n1. The highest BCUT2D eigenvalue weighted by Gasteiger charge is 2.42. The Kier molecular flexibility index (Phi) is 4.77. The average molecular weight is 354 g/mol. The van der Waals surface area contributed by atoms with Crippen molar-refractivity contribution in [2.45, 2.75) is 11.7 Å². The molecule has 118 valence electrons. The van der Waals surface area contributed by atoms with Crippen LogP contribution in [0.25, 0.3) is 0 Å². The highest BCUT2D eigenvalue weighted by Crippen LogP contribution is 2.34. The molecule has 2 rings (SSSR count). The standard InChI is InChI=1S/C11H8Cl2F3N5O/c12-7(14)11(15,16)22-6-4-2-1-3-5(6)18-10-20-8(13)19-9(17)21-10/h1-4,7H,(H3,17,18,19,20,21)/t7-/m0/s1. The molecule has 0 unspecified atom stereocenters. The number of alkyl halides is 4. The topological polar surface area (TPSA) is 86.0 Å². The molecule has 0 bridgehead atoms. The van der Waals surface area contributed by atoms with E-state index < -0.39 is 11.7 Å². The Bertz CT molecular complexity index is 654. The van der Waals surface area contributed by atoms with E-state index in [1.54, 1.807) is 0 Å².